The third kappa shape index (κ3) is 2.82. The third-order valence-electron chi connectivity index (χ3n) is 3.79. The lowest BCUT2D eigenvalue weighted by molar-refractivity contribution is -0.384. The molecule has 0 radical (unpaired) electrons. The molecule has 1 aromatic carbocycles. The first-order valence-corrected chi connectivity index (χ1v) is 6.75. The monoisotopic (exact) mass is 293 g/mol. The fraction of sp³-hybridized carbons (Fsp3) is 0.500. The van der Waals surface area contributed by atoms with Gasteiger partial charge in [0.15, 0.2) is 0 Å². The molecule has 1 aromatic rings. The highest BCUT2D eigenvalue weighted by atomic mass is 16.6. The number of aliphatic hydroxyl groups is 1. The van der Waals surface area contributed by atoms with Gasteiger partial charge in [-0.2, -0.15) is 0 Å². The zero-order valence-electron chi connectivity index (χ0n) is 12.4. The van der Waals surface area contributed by atoms with Crippen molar-refractivity contribution in [1.29, 1.82) is 0 Å². The lowest BCUT2D eigenvalue weighted by atomic mass is 9.90. The van der Waals surface area contributed by atoms with E-state index < -0.39 is 10.5 Å². The zero-order chi connectivity index (χ0) is 15.8. The maximum Gasteiger partial charge on any atom is 0.292 e. The van der Waals surface area contributed by atoms with E-state index in [1.807, 2.05) is 6.92 Å². The molecular weight excluding hydrogens is 274 g/mol. The molecule has 21 heavy (non-hydrogen) atoms. The second-order valence-electron chi connectivity index (χ2n) is 5.59. The quantitative estimate of drug-likeness (QED) is 0.667. The fourth-order valence-corrected chi connectivity index (χ4v) is 2.38. The van der Waals surface area contributed by atoms with Crippen LogP contribution in [-0.4, -0.2) is 53.6 Å². The van der Waals surface area contributed by atoms with Crippen LogP contribution in [-0.2, 0) is 0 Å². The van der Waals surface area contributed by atoms with Crippen LogP contribution in [0.15, 0.2) is 18.2 Å². The summed E-state index contributed by atoms with van der Waals surface area (Å²) in [5.41, 5.74) is -0.0723. The number of β-amino-alcohol motifs (C(OH)–C–C–N with tert-alkyl or cyclic N) is 1. The van der Waals surface area contributed by atoms with E-state index in [9.17, 15) is 20.0 Å². The number of nitrogens with zero attached hydrogens (tertiary/aromatic N) is 3. The van der Waals surface area contributed by atoms with Crippen LogP contribution in [0.2, 0.25) is 0 Å². The van der Waals surface area contributed by atoms with E-state index in [1.54, 1.807) is 19.0 Å². The average Bonchev–Trinajstić information content (AvgIpc) is 2.42. The SMILES string of the molecule is CCC1(O)CN(c2cc(C(=O)N(C)C)ccc2[N+](=O)[O-])C1. The molecular formula is C14H19N3O4. The summed E-state index contributed by atoms with van der Waals surface area (Å²) >= 11 is 0. The molecule has 0 spiro atoms. The summed E-state index contributed by atoms with van der Waals surface area (Å²) in [6, 6.07) is 4.32. The Bertz CT molecular complexity index is 580. The maximum absolute atomic E-state index is 12.0. The smallest absolute Gasteiger partial charge is 0.292 e. The minimum absolute atomic E-state index is 0.0524. The number of nitro benzene ring substituents is 1. The minimum atomic E-state index is -0.796. The average molecular weight is 293 g/mol. The summed E-state index contributed by atoms with van der Waals surface area (Å²) in [6.45, 7) is 2.55. The van der Waals surface area contributed by atoms with Crippen LogP contribution in [0.4, 0.5) is 11.4 Å². The van der Waals surface area contributed by atoms with E-state index in [-0.39, 0.29) is 11.6 Å². The molecule has 1 amide bonds. The van der Waals surface area contributed by atoms with Crippen molar-refractivity contribution >= 4 is 17.3 Å². The fourth-order valence-electron chi connectivity index (χ4n) is 2.38. The summed E-state index contributed by atoms with van der Waals surface area (Å²) in [4.78, 5) is 25.8. The molecule has 2 rings (SSSR count). The number of carbonyl (C=O) groups is 1. The molecule has 7 nitrogen and oxygen atoms in total. The Kier molecular flexibility index (Phi) is 3.87. The molecule has 7 heteroatoms. The van der Waals surface area contributed by atoms with Crippen molar-refractivity contribution in [3.05, 3.63) is 33.9 Å². The number of hydrogen-bond acceptors (Lipinski definition) is 5. The molecule has 114 valence electrons. The van der Waals surface area contributed by atoms with Gasteiger partial charge in [0.1, 0.15) is 5.69 Å². The highest BCUT2D eigenvalue weighted by Crippen LogP contribution is 2.36. The molecule has 0 aromatic heterocycles. The van der Waals surface area contributed by atoms with Crippen LogP contribution in [0.1, 0.15) is 23.7 Å². The standard InChI is InChI=1S/C14H19N3O4/c1-4-14(19)8-16(9-14)12-7-10(13(18)15(2)3)5-6-11(12)17(20)21/h5-7,19H,4,8-9H2,1-3H3. The number of amides is 1. The van der Waals surface area contributed by atoms with E-state index >= 15 is 0 Å². The molecule has 0 saturated carbocycles. The molecule has 1 saturated heterocycles. The summed E-state index contributed by atoms with van der Waals surface area (Å²) in [5, 5.41) is 21.2. The Morgan fingerprint density at radius 2 is 2.10 bits per heavy atom. The van der Waals surface area contributed by atoms with Gasteiger partial charge in [-0.05, 0) is 18.6 Å². The molecule has 0 atom stereocenters. The van der Waals surface area contributed by atoms with Gasteiger partial charge >= 0.3 is 0 Å². The van der Waals surface area contributed by atoms with Crippen LogP contribution in [0.5, 0.6) is 0 Å². The van der Waals surface area contributed by atoms with Gasteiger partial charge in [0.2, 0.25) is 0 Å². The third-order valence-corrected chi connectivity index (χ3v) is 3.79. The lowest BCUT2D eigenvalue weighted by Gasteiger charge is -2.47. The molecule has 1 aliphatic heterocycles. The van der Waals surface area contributed by atoms with Gasteiger partial charge in [-0.3, -0.25) is 14.9 Å². The number of carbonyl (C=O) groups excluding carboxylic acids is 1. The van der Waals surface area contributed by atoms with Crippen LogP contribution in [0.3, 0.4) is 0 Å². The Balaban J connectivity index is 2.35. The summed E-state index contributed by atoms with van der Waals surface area (Å²) in [6.07, 6.45) is 0.591. The van der Waals surface area contributed by atoms with Crippen LogP contribution in [0.25, 0.3) is 0 Å². The number of anilines is 1. The molecule has 1 N–H and O–H groups in total. The Hall–Kier alpha value is -2.15. The van der Waals surface area contributed by atoms with Crippen LogP contribution in [0, 0.1) is 10.1 Å². The van der Waals surface area contributed by atoms with Gasteiger partial charge in [-0.1, -0.05) is 6.92 Å². The molecule has 0 bridgehead atoms. The summed E-state index contributed by atoms with van der Waals surface area (Å²) in [7, 11) is 3.26. The van der Waals surface area contributed by atoms with Gasteiger partial charge < -0.3 is 14.9 Å². The van der Waals surface area contributed by atoms with E-state index in [0.29, 0.717) is 30.8 Å². The van der Waals surface area contributed by atoms with Crippen molar-refractivity contribution in [3.8, 4) is 0 Å². The van der Waals surface area contributed by atoms with Crippen molar-refractivity contribution in [2.45, 2.75) is 18.9 Å². The Labute approximate surface area is 122 Å². The lowest BCUT2D eigenvalue weighted by Crippen LogP contribution is -2.61. The van der Waals surface area contributed by atoms with E-state index in [1.165, 1.54) is 23.1 Å². The topological polar surface area (TPSA) is 86.9 Å². The van der Waals surface area contributed by atoms with Gasteiger partial charge in [0.25, 0.3) is 11.6 Å². The summed E-state index contributed by atoms with van der Waals surface area (Å²) in [5.74, 6) is -0.211. The van der Waals surface area contributed by atoms with Crippen molar-refractivity contribution in [3.63, 3.8) is 0 Å². The first-order chi connectivity index (χ1) is 9.77. The first-order valence-electron chi connectivity index (χ1n) is 6.75. The van der Waals surface area contributed by atoms with Crippen molar-refractivity contribution in [1.82, 2.24) is 4.90 Å². The largest absolute Gasteiger partial charge is 0.386 e. The second kappa shape index (κ2) is 5.33. The second-order valence-corrected chi connectivity index (χ2v) is 5.59. The van der Waals surface area contributed by atoms with E-state index in [0.717, 1.165) is 0 Å². The summed E-state index contributed by atoms with van der Waals surface area (Å²) < 4.78 is 0. The molecule has 1 heterocycles. The molecule has 0 aliphatic carbocycles. The van der Waals surface area contributed by atoms with Crippen molar-refractivity contribution < 1.29 is 14.8 Å². The van der Waals surface area contributed by atoms with E-state index in [4.69, 9.17) is 0 Å². The molecule has 0 unspecified atom stereocenters. The van der Waals surface area contributed by atoms with Gasteiger partial charge in [0.05, 0.1) is 10.5 Å². The Morgan fingerprint density at radius 3 is 2.57 bits per heavy atom. The van der Waals surface area contributed by atoms with Crippen LogP contribution >= 0.6 is 0 Å². The highest BCUT2D eigenvalue weighted by Gasteiger charge is 2.41. The van der Waals surface area contributed by atoms with E-state index in [2.05, 4.69) is 0 Å². The van der Waals surface area contributed by atoms with Crippen molar-refractivity contribution in [2.24, 2.45) is 0 Å². The number of rotatable bonds is 4. The van der Waals surface area contributed by atoms with Gasteiger partial charge in [-0.25, -0.2) is 0 Å². The number of benzene rings is 1. The predicted molar refractivity (Wildman–Crippen MR) is 78.6 cm³/mol. The van der Waals surface area contributed by atoms with Crippen molar-refractivity contribution in [2.75, 3.05) is 32.1 Å². The first kappa shape index (κ1) is 15.2. The maximum atomic E-state index is 12.0. The zero-order valence-corrected chi connectivity index (χ0v) is 12.4. The van der Waals surface area contributed by atoms with Crippen LogP contribution < -0.4 is 4.90 Å². The van der Waals surface area contributed by atoms with Gasteiger partial charge in [-0.15, -0.1) is 0 Å². The Morgan fingerprint density at radius 1 is 1.48 bits per heavy atom. The molecule has 1 fully saturated rings. The minimum Gasteiger partial charge on any atom is -0.386 e. The number of nitro groups is 1. The predicted octanol–water partition coefficient (Wildman–Crippen LogP) is 1.26. The highest BCUT2D eigenvalue weighted by molar-refractivity contribution is 5.95. The molecule has 1 aliphatic rings. The number of hydrogen-bond donors (Lipinski definition) is 1. The normalized spacial score (nSPS) is 16.3. The van der Waals surface area contributed by atoms with Gasteiger partial charge in [0, 0.05) is 38.8 Å².